The Balaban J connectivity index is 3.95. The summed E-state index contributed by atoms with van der Waals surface area (Å²) in [6.07, 6.45) is 2.33. The van der Waals surface area contributed by atoms with Crippen molar-refractivity contribution in [2.75, 3.05) is 13.2 Å². The molecule has 3 N–H and O–H groups in total. The molecule has 0 aromatic rings. The lowest BCUT2D eigenvalue weighted by Crippen LogP contribution is -2.33. The summed E-state index contributed by atoms with van der Waals surface area (Å²) in [5.41, 5.74) is -0.193. The summed E-state index contributed by atoms with van der Waals surface area (Å²) in [6.45, 7) is 4.28. The Hall–Kier alpha value is -1.36. The van der Waals surface area contributed by atoms with Crippen molar-refractivity contribution in [2.24, 2.45) is 5.41 Å². The number of hydrogen-bond donors (Lipinski definition) is 3. The third-order valence-corrected chi connectivity index (χ3v) is 1.91. The van der Waals surface area contributed by atoms with Crippen LogP contribution < -0.4 is 5.32 Å². The molecule has 1 amide bonds. The molecule has 0 aliphatic carbocycles. The first-order valence-electron chi connectivity index (χ1n) is 4.67. The first-order valence-corrected chi connectivity index (χ1v) is 4.67. The number of nitrogens with one attached hydrogen (secondary N) is 1. The molecule has 0 heterocycles. The standard InChI is InChI=1S/C10H17NO4/c1-10(2,5-6-12)7-11-8(13)3-4-9(14)15/h3-4,12H,5-7H2,1-2H3,(H,11,13)(H,14,15)/b4-3+. The predicted molar refractivity (Wildman–Crippen MR) is 55.3 cm³/mol. The fourth-order valence-electron chi connectivity index (χ4n) is 0.923. The van der Waals surface area contributed by atoms with Crippen LogP contribution in [-0.4, -0.2) is 35.2 Å². The van der Waals surface area contributed by atoms with Crippen LogP contribution >= 0.6 is 0 Å². The highest BCUT2D eigenvalue weighted by Crippen LogP contribution is 2.17. The molecule has 0 radical (unpaired) electrons. The van der Waals surface area contributed by atoms with E-state index in [9.17, 15) is 9.59 Å². The average molecular weight is 215 g/mol. The van der Waals surface area contributed by atoms with E-state index in [4.69, 9.17) is 10.2 Å². The summed E-state index contributed by atoms with van der Waals surface area (Å²) >= 11 is 0. The van der Waals surface area contributed by atoms with Gasteiger partial charge in [-0.15, -0.1) is 0 Å². The molecule has 0 aromatic heterocycles. The molecule has 86 valence electrons. The van der Waals surface area contributed by atoms with Gasteiger partial charge in [0.15, 0.2) is 0 Å². The van der Waals surface area contributed by atoms with Crippen LogP contribution in [0.15, 0.2) is 12.2 Å². The van der Waals surface area contributed by atoms with Crippen LogP contribution in [0.2, 0.25) is 0 Å². The van der Waals surface area contributed by atoms with Gasteiger partial charge in [0, 0.05) is 25.3 Å². The van der Waals surface area contributed by atoms with Gasteiger partial charge in [-0.2, -0.15) is 0 Å². The molecule has 0 fully saturated rings. The second-order valence-corrected chi connectivity index (χ2v) is 4.03. The monoisotopic (exact) mass is 215 g/mol. The normalized spacial score (nSPS) is 11.7. The summed E-state index contributed by atoms with van der Waals surface area (Å²) in [4.78, 5) is 21.2. The van der Waals surface area contributed by atoms with E-state index in [1.54, 1.807) is 0 Å². The van der Waals surface area contributed by atoms with Crippen LogP contribution in [0.3, 0.4) is 0 Å². The first-order chi connectivity index (χ1) is 6.87. The molecule has 0 bridgehead atoms. The maximum absolute atomic E-state index is 11.1. The third-order valence-electron chi connectivity index (χ3n) is 1.91. The highest BCUT2D eigenvalue weighted by atomic mass is 16.4. The van der Waals surface area contributed by atoms with Crippen LogP contribution in [0.5, 0.6) is 0 Å². The lowest BCUT2D eigenvalue weighted by molar-refractivity contribution is -0.131. The summed E-state index contributed by atoms with van der Waals surface area (Å²) in [7, 11) is 0. The zero-order chi connectivity index (χ0) is 11.9. The largest absolute Gasteiger partial charge is 0.478 e. The number of aliphatic carboxylic acids is 1. The number of aliphatic hydroxyl groups excluding tert-OH is 1. The van der Waals surface area contributed by atoms with E-state index < -0.39 is 11.9 Å². The van der Waals surface area contributed by atoms with Crippen molar-refractivity contribution in [1.29, 1.82) is 0 Å². The average Bonchev–Trinajstić information content (AvgIpc) is 2.11. The van der Waals surface area contributed by atoms with Crippen molar-refractivity contribution in [2.45, 2.75) is 20.3 Å². The molecule has 0 aliphatic rings. The number of rotatable bonds is 6. The van der Waals surface area contributed by atoms with Gasteiger partial charge in [-0.3, -0.25) is 4.79 Å². The molecule has 15 heavy (non-hydrogen) atoms. The molecule has 5 nitrogen and oxygen atoms in total. The maximum atomic E-state index is 11.1. The van der Waals surface area contributed by atoms with Crippen molar-refractivity contribution >= 4 is 11.9 Å². The van der Waals surface area contributed by atoms with E-state index in [1.165, 1.54) is 0 Å². The number of carbonyl (C=O) groups is 2. The molecule has 0 atom stereocenters. The number of carboxylic acid groups (broad SMARTS) is 1. The van der Waals surface area contributed by atoms with Gasteiger partial charge in [0.2, 0.25) is 5.91 Å². The van der Waals surface area contributed by atoms with Crippen molar-refractivity contribution in [1.82, 2.24) is 5.32 Å². The Morgan fingerprint density at radius 1 is 1.33 bits per heavy atom. The smallest absolute Gasteiger partial charge is 0.328 e. The van der Waals surface area contributed by atoms with Gasteiger partial charge in [-0.1, -0.05) is 13.8 Å². The van der Waals surface area contributed by atoms with E-state index >= 15 is 0 Å². The fourth-order valence-corrected chi connectivity index (χ4v) is 0.923. The first kappa shape index (κ1) is 13.6. The van der Waals surface area contributed by atoms with Crippen LogP contribution in [0, 0.1) is 5.41 Å². The van der Waals surface area contributed by atoms with Crippen LogP contribution in [0.25, 0.3) is 0 Å². The van der Waals surface area contributed by atoms with E-state index in [-0.39, 0.29) is 12.0 Å². The van der Waals surface area contributed by atoms with E-state index in [2.05, 4.69) is 5.32 Å². The number of carbonyl (C=O) groups excluding carboxylic acids is 1. The second kappa shape index (κ2) is 6.19. The molecule has 0 aromatic carbocycles. The minimum atomic E-state index is -1.15. The predicted octanol–water partition coefficient (Wildman–Crippen LogP) is 0.152. The Labute approximate surface area is 88.8 Å². The van der Waals surface area contributed by atoms with E-state index in [1.807, 2.05) is 13.8 Å². The highest BCUT2D eigenvalue weighted by Gasteiger charge is 2.17. The topological polar surface area (TPSA) is 86.6 Å². The molecule has 5 heteroatoms. The summed E-state index contributed by atoms with van der Waals surface area (Å²) in [5.74, 6) is -1.59. The molecule has 0 aliphatic heterocycles. The summed E-state index contributed by atoms with van der Waals surface area (Å²) in [5, 5.41) is 19.6. The van der Waals surface area contributed by atoms with Gasteiger partial charge in [-0.25, -0.2) is 4.79 Å². The molecular weight excluding hydrogens is 198 g/mol. The number of amides is 1. The Bertz CT molecular complexity index is 258. The fraction of sp³-hybridized carbons (Fsp3) is 0.600. The molecule has 0 unspecified atom stereocenters. The second-order valence-electron chi connectivity index (χ2n) is 4.03. The highest BCUT2D eigenvalue weighted by molar-refractivity contribution is 5.93. The van der Waals surface area contributed by atoms with Crippen LogP contribution in [0.1, 0.15) is 20.3 Å². The van der Waals surface area contributed by atoms with Crippen molar-refractivity contribution in [3.05, 3.63) is 12.2 Å². The minimum absolute atomic E-state index is 0.0633. The number of carboxylic acids is 1. The van der Waals surface area contributed by atoms with E-state index in [0.29, 0.717) is 13.0 Å². The van der Waals surface area contributed by atoms with Crippen molar-refractivity contribution < 1.29 is 19.8 Å². The van der Waals surface area contributed by atoms with Gasteiger partial charge < -0.3 is 15.5 Å². The van der Waals surface area contributed by atoms with Crippen LogP contribution in [-0.2, 0) is 9.59 Å². The number of hydrogen-bond acceptors (Lipinski definition) is 3. The zero-order valence-corrected chi connectivity index (χ0v) is 8.99. The van der Waals surface area contributed by atoms with Crippen molar-refractivity contribution in [3.8, 4) is 0 Å². The molecule has 0 rings (SSSR count). The van der Waals surface area contributed by atoms with E-state index in [0.717, 1.165) is 12.2 Å². The van der Waals surface area contributed by atoms with Gasteiger partial charge in [0.25, 0.3) is 0 Å². The minimum Gasteiger partial charge on any atom is -0.478 e. The van der Waals surface area contributed by atoms with Gasteiger partial charge in [0.05, 0.1) is 0 Å². The molecule has 0 saturated carbocycles. The Morgan fingerprint density at radius 2 is 1.93 bits per heavy atom. The number of aliphatic hydroxyl groups is 1. The quantitative estimate of drug-likeness (QED) is 0.550. The Morgan fingerprint density at radius 3 is 2.40 bits per heavy atom. The van der Waals surface area contributed by atoms with Gasteiger partial charge in [0.1, 0.15) is 0 Å². The summed E-state index contributed by atoms with van der Waals surface area (Å²) in [6, 6.07) is 0. The van der Waals surface area contributed by atoms with Gasteiger partial charge in [-0.05, 0) is 11.8 Å². The third kappa shape index (κ3) is 7.69. The van der Waals surface area contributed by atoms with Crippen LogP contribution in [0.4, 0.5) is 0 Å². The zero-order valence-electron chi connectivity index (χ0n) is 8.99. The SMILES string of the molecule is CC(C)(CCO)CNC(=O)/C=C/C(=O)O. The van der Waals surface area contributed by atoms with Gasteiger partial charge >= 0.3 is 5.97 Å². The Kier molecular flexibility index (Phi) is 5.62. The molecular formula is C10H17NO4. The van der Waals surface area contributed by atoms with Crippen molar-refractivity contribution in [3.63, 3.8) is 0 Å². The summed E-state index contributed by atoms with van der Waals surface area (Å²) < 4.78 is 0. The maximum Gasteiger partial charge on any atom is 0.328 e. The lowest BCUT2D eigenvalue weighted by Gasteiger charge is -2.23. The molecule has 0 saturated heterocycles. The molecule has 0 spiro atoms. The lowest BCUT2D eigenvalue weighted by atomic mass is 9.90.